The first-order valence-electron chi connectivity index (χ1n) is 21.2. The zero-order valence-electron chi connectivity index (χ0n) is 35.9. The van der Waals surface area contributed by atoms with Crippen molar-refractivity contribution in [2.45, 2.75) is 90.9 Å². The van der Waals surface area contributed by atoms with Crippen LogP contribution in [0.3, 0.4) is 0 Å². The van der Waals surface area contributed by atoms with Crippen molar-refractivity contribution >= 4 is 60.9 Å². The van der Waals surface area contributed by atoms with E-state index in [4.69, 9.17) is 8.83 Å². The molecule has 2 heterocycles. The van der Waals surface area contributed by atoms with Crippen LogP contribution >= 0.6 is 0 Å². The Hall–Kier alpha value is -6.06. The van der Waals surface area contributed by atoms with Crippen LogP contribution in [0, 0.1) is 0 Å². The molecule has 9 aromatic rings. The predicted molar refractivity (Wildman–Crippen MR) is 248 cm³/mol. The molecular formula is C56H51NO2. The number of hydrogen-bond acceptors (Lipinski definition) is 3. The van der Waals surface area contributed by atoms with Gasteiger partial charge >= 0.3 is 0 Å². The van der Waals surface area contributed by atoms with E-state index in [1.807, 2.05) is 6.07 Å². The van der Waals surface area contributed by atoms with Gasteiger partial charge in [0.05, 0.1) is 5.69 Å². The monoisotopic (exact) mass is 769 g/mol. The molecule has 0 amide bonds. The van der Waals surface area contributed by atoms with Crippen LogP contribution in [-0.2, 0) is 21.7 Å². The minimum absolute atomic E-state index is 0.0192. The third-order valence-corrected chi connectivity index (χ3v) is 13.7. The number of furan rings is 2. The van der Waals surface area contributed by atoms with Gasteiger partial charge in [0.25, 0.3) is 0 Å². The SMILES string of the molecule is CC(C)(C)c1cc(C(C)(C)C)c2oc3ccc4c(c3c2c1)C(C)(C)c1c-4cccc1N(c1ccc2c(c1)C(C)(C)c1ccccc1-2)c1ccc2c(c1)oc1ccccc12. The Bertz CT molecular complexity index is 3240. The Morgan fingerprint density at radius 1 is 0.458 bits per heavy atom. The molecule has 0 saturated carbocycles. The lowest BCUT2D eigenvalue weighted by atomic mass is 9.77. The second-order valence-corrected chi connectivity index (χ2v) is 20.2. The zero-order chi connectivity index (χ0) is 41.0. The summed E-state index contributed by atoms with van der Waals surface area (Å²) in [5.41, 5.74) is 19.6. The topological polar surface area (TPSA) is 29.5 Å². The third kappa shape index (κ3) is 5.00. The van der Waals surface area contributed by atoms with Gasteiger partial charge < -0.3 is 13.7 Å². The molecule has 3 heteroatoms. The fraction of sp³-hybridized carbons (Fsp3) is 0.250. The molecule has 2 aliphatic rings. The fourth-order valence-corrected chi connectivity index (χ4v) is 10.7. The van der Waals surface area contributed by atoms with Gasteiger partial charge in [-0.25, -0.2) is 0 Å². The summed E-state index contributed by atoms with van der Waals surface area (Å²) >= 11 is 0. The molecule has 0 fully saturated rings. The quantitative estimate of drug-likeness (QED) is 0.179. The Balaban J connectivity index is 1.17. The summed E-state index contributed by atoms with van der Waals surface area (Å²) in [6.45, 7) is 23.4. The van der Waals surface area contributed by atoms with Gasteiger partial charge in [-0.3, -0.25) is 0 Å². The Morgan fingerprint density at radius 2 is 1.12 bits per heavy atom. The van der Waals surface area contributed by atoms with Gasteiger partial charge in [-0.1, -0.05) is 142 Å². The van der Waals surface area contributed by atoms with E-state index in [9.17, 15) is 0 Å². The summed E-state index contributed by atoms with van der Waals surface area (Å²) in [6, 6.07) is 47.3. The molecule has 11 rings (SSSR count). The first-order chi connectivity index (χ1) is 28.0. The molecular weight excluding hydrogens is 719 g/mol. The summed E-state index contributed by atoms with van der Waals surface area (Å²) in [5.74, 6) is 0. The standard InChI is InChI=1S/C56H51NO2/c1-53(2,3)32-28-41-49-47(59-52(41)44(29-32)54(4,5)6)27-26-40-39-18-15-20-45(50(39)56(9,10)51(40)49)57(34-23-25-38-37-17-12-14-21-46(37)58-48(38)31-34)33-22-24-36-35-16-11-13-19-42(35)55(7,8)43(36)30-33/h11-31H,1-10H3. The number of fused-ring (bicyclic) bond motifs is 13. The van der Waals surface area contributed by atoms with Crippen LogP contribution in [0.2, 0.25) is 0 Å². The molecule has 0 spiro atoms. The molecule has 0 bridgehead atoms. The van der Waals surface area contributed by atoms with Crippen molar-refractivity contribution in [3.05, 3.63) is 161 Å². The second-order valence-electron chi connectivity index (χ2n) is 20.2. The van der Waals surface area contributed by atoms with Crippen molar-refractivity contribution in [3.63, 3.8) is 0 Å². The van der Waals surface area contributed by atoms with E-state index in [-0.39, 0.29) is 21.7 Å². The third-order valence-electron chi connectivity index (χ3n) is 13.7. The van der Waals surface area contributed by atoms with Gasteiger partial charge in [-0.15, -0.1) is 0 Å². The minimum Gasteiger partial charge on any atom is -0.456 e. The summed E-state index contributed by atoms with van der Waals surface area (Å²) in [4.78, 5) is 2.48. The van der Waals surface area contributed by atoms with Crippen molar-refractivity contribution < 1.29 is 8.83 Å². The molecule has 0 saturated heterocycles. The molecule has 0 N–H and O–H groups in total. The lowest BCUT2D eigenvalue weighted by Gasteiger charge is -2.33. The van der Waals surface area contributed by atoms with E-state index in [0.29, 0.717) is 0 Å². The van der Waals surface area contributed by atoms with Gasteiger partial charge in [-0.2, -0.15) is 0 Å². The van der Waals surface area contributed by atoms with Gasteiger partial charge in [0.15, 0.2) is 0 Å². The molecule has 0 atom stereocenters. The highest BCUT2D eigenvalue weighted by molar-refractivity contribution is 6.13. The Labute approximate surface area is 347 Å². The van der Waals surface area contributed by atoms with E-state index in [0.717, 1.165) is 44.5 Å². The summed E-state index contributed by atoms with van der Waals surface area (Å²) in [7, 11) is 0. The van der Waals surface area contributed by atoms with Crippen molar-refractivity contribution in [1.82, 2.24) is 0 Å². The maximum atomic E-state index is 6.95. The molecule has 3 nitrogen and oxygen atoms in total. The highest BCUT2D eigenvalue weighted by Gasteiger charge is 2.42. The molecule has 292 valence electrons. The van der Waals surface area contributed by atoms with E-state index >= 15 is 0 Å². The Morgan fingerprint density at radius 3 is 1.92 bits per heavy atom. The number of para-hydroxylation sites is 1. The second kappa shape index (κ2) is 11.8. The lowest BCUT2D eigenvalue weighted by Crippen LogP contribution is -2.21. The maximum Gasteiger partial charge on any atom is 0.139 e. The van der Waals surface area contributed by atoms with E-state index < -0.39 is 0 Å². The van der Waals surface area contributed by atoms with Crippen LogP contribution < -0.4 is 4.90 Å². The molecule has 2 aliphatic carbocycles. The van der Waals surface area contributed by atoms with Gasteiger partial charge in [0.1, 0.15) is 22.3 Å². The highest BCUT2D eigenvalue weighted by Crippen LogP contribution is 2.58. The lowest BCUT2D eigenvalue weighted by molar-refractivity contribution is 0.559. The van der Waals surface area contributed by atoms with Crippen LogP contribution in [0.1, 0.15) is 103 Å². The van der Waals surface area contributed by atoms with Crippen molar-refractivity contribution in [1.29, 1.82) is 0 Å². The number of hydrogen-bond donors (Lipinski definition) is 0. The largest absolute Gasteiger partial charge is 0.456 e. The number of anilines is 3. The van der Waals surface area contributed by atoms with Gasteiger partial charge in [-0.05, 0) is 109 Å². The van der Waals surface area contributed by atoms with Crippen LogP contribution in [0.5, 0.6) is 0 Å². The number of nitrogens with zero attached hydrogens (tertiary/aromatic N) is 1. The average Bonchev–Trinajstić information content (AvgIpc) is 3.89. The first-order valence-corrected chi connectivity index (χ1v) is 21.2. The maximum absolute atomic E-state index is 6.95. The Kier molecular flexibility index (Phi) is 7.20. The first kappa shape index (κ1) is 36.1. The van der Waals surface area contributed by atoms with Crippen LogP contribution in [0.25, 0.3) is 66.1 Å². The molecule has 0 aliphatic heterocycles. The summed E-state index contributed by atoms with van der Waals surface area (Å²) in [5, 5.41) is 4.70. The van der Waals surface area contributed by atoms with E-state index in [2.05, 4.69) is 195 Å². The molecule has 0 radical (unpaired) electrons. The van der Waals surface area contributed by atoms with Crippen molar-refractivity contribution in [2.24, 2.45) is 0 Å². The smallest absolute Gasteiger partial charge is 0.139 e. The van der Waals surface area contributed by atoms with Crippen molar-refractivity contribution in [3.8, 4) is 22.3 Å². The van der Waals surface area contributed by atoms with Crippen molar-refractivity contribution in [2.75, 3.05) is 4.90 Å². The van der Waals surface area contributed by atoms with Crippen LogP contribution in [0.15, 0.2) is 136 Å². The fourth-order valence-electron chi connectivity index (χ4n) is 10.7. The summed E-state index contributed by atoms with van der Waals surface area (Å²) < 4.78 is 13.5. The van der Waals surface area contributed by atoms with E-state index in [1.54, 1.807) is 0 Å². The predicted octanol–water partition coefficient (Wildman–Crippen LogP) is 16.2. The molecule has 0 unspecified atom stereocenters. The zero-order valence-corrected chi connectivity index (χ0v) is 35.9. The van der Waals surface area contributed by atoms with Crippen LogP contribution in [-0.4, -0.2) is 0 Å². The normalized spacial score (nSPS) is 15.2. The van der Waals surface area contributed by atoms with Gasteiger partial charge in [0.2, 0.25) is 0 Å². The minimum atomic E-state index is -0.370. The average molecular weight is 770 g/mol. The summed E-state index contributed by atoms with van der Waals surface area (Å²) in [6.07, 6.45) is 0. The molecule has 2 aromatic heterocycles. The van der Waals surface area contributed by atoms with E-state index in [1.165, 1.54) is 72.1 Å². The van der Waals surface area contributed by atoms with Crippen LogP contribution in [0.4, 0.5) is 17.1 Å². The number of rotatable bonds is 3. The molecule has 7 aromatic carbocycles. The van der Waals surface area contributed by atoms with Gasteiger partial charge in [0, 0.05) is 55.4 Å². The highest BCUT2D eigenvalue weighted by atomic mass is 16.3. The number of benzene rings is 7. The molecule has 59 heavy (non-hydrogen) atoms.